The summed E-state index contributed by atoms with van der Waals surface area (Å²) in [7, 11) is 0. The van der Waals surface area contributed by atoms with Crippen LogP contribution >= 0.6 is 0 Å². The van der Waals surface area contributed by atoms with E-state index in [9.17, 15) is 9.18 Å². The Morgan fingerprint density at radius 2 is 1.70 bits per heavy atom. The summed E-state index contributed by atoms with van der Waals surface area (Å²) >= 11 is 0. The summed E-state index contributed by atoms with van der Waals surface area (Å²) in [5.74, 6) is 1.19. The summed E-state index contributed by atoms with van der Waals surface area (Å²) in [5, 5.41) is 0. The number of fused-ring (bicyclic) bond motifs is 3. The number of carbonyl (C=O) groups is 1. The van der Waals surface area contributed by atoms with Crippen LogP contribution in [0.4, 0.5) is 4.39 Å². The molecule has 3 aromatic rings. The molecule has 2 bridgehead atoms. The van der Waals surface area contributed by atoms with Crippen molar-refractivity contribution in [3.63, 3.8) is 0 Å². The molecular formula is C36H48FN5O. The minimum Gasteiger partial charge on any atom is -0.368 e. The molecule has 4 atom stereocenters. The quantitative estimate of drug-likeness (QED) is 0.327. The number of nitrogens with two attached hydrogens (primary N) is 1. The van der Waals surface area contributed by atoms with Gasteiger partial charge in [-0.05, 0) is 126 Å². The summed E-state index contributed by atoms with van der Waals surface area (Å²) < 4.78 is 17.1. The molecule has 1 aromatic heterocycles. The molecule has 4 fully saturated rings. The number of nitrogens with zero attached hydrogens (tertiary/aromatic N) is 4. The summed E-state index contributed by atoms with van der Waals surface area (Å²) in [5.41, 5.74) is 9.44. The Bertz CT molecular complexity index is 1420. The Kier molecular flexibility index (Phi) is 8.06. The van der Waals surface area contributed by atoms with E-state index in [0.29, 0.717) is 24.0 Å². The van der Waals surface area contributed by atoms with E-state index in [0.717, 1.165) is 68.6 Å². The molecule has 4 heterocycles. The van der Waals surface area contributed by atoms with Gasteiger partial charge in [0.1, 0.15) is 11.6 Å². The third-order valence-electron chi connectivity index (χ3n) is 11.8. The number of para-hydroxylation sites is 2. The van der Waals surface area contributed by atoms with E-state index >= 15 is 0 Å². The topological polar surface area (TPSA) is 67.4 Å². The molecule has 6 nitrogen and oxygen atoms in total. The zero-order valence-corrected chi connectivity index (χ0v) is 25.8. The number of halogens is 1. The molecule has 2 N–H and O–H groups in total. The molecule has 0 radical (unpaired) electrons. The standard InChI is InChI=1S/C36H48FN5O/c1-25-39-32-12-5-6-13-33(32)42(25)31-23-29-14-15-30(24-31)41(29)21-18-36(27-10-7-11-28(37)22-27)16-19-40(20-17-36)34(35(38)43)26-8-3-2-4-9-26/h5-7,10-13,22,26,29-31,34H,2-4,8-9,14-21,23-24H2,1H3,(H2,38,43)/t29-,30+,31+,34?. The van der Waals surface area contributed by atoms with Crippen LogP contribution in [0.2, 0.25) is 0 Å². The number of hydrogen-bond donors (Lipinski definition) is 1. The SMILES string of the molecule is Cc1nc2ccccc2n1[C@H]1C[C@H]2CC[C@@H](C1)N2CCC1(c2cccc(F)c2)CCN(C(C(N)=O)C2CCCCC2)CC1. The van der Waals surface area contributed by atoms with Gasteiger partial charge in [-0.25, -0.2) is 9.37 Å². The summed E-state index contributed by atoms with van der Waals surface area (Å²) in [6.07, 6.45) is 13.6. The van der Waals surface area contributed by atoms with Crippen molar-refractivity contribution in [1.29, 1.82) is 0 Å². The molecule has 1 unspecified atom stereocenters. The van der Waals surface area contributed by atoms with Crippen molar-refractivity contribution in [2.45, 2.75) is 114 Å². The van der Waals surface area contributed by atoms with Crippen LogP contribution in [0.1, 0.15) is 94.5 Å². The number of amides is 1. The fourth-order valence-electron chi connectivity index (χ4n) is 9.68. The van der Waals surface area contributed by atoms with Gasteiger partial charge in [0.05, 0.1) is 17.1 Å². The van der Waals surface area contributed by atoms with Gasteiger partial charge in [-0.2, -0.15) is 0 Å². The molecule has 1 amide bonds. The molecule has 0 spiro atoms. The van der Waals surface area contributed by atoms with Gasteiger partial charge in [0.25, 0.3) is 0 Å². The smallest absolute Gasteiger partial charge is 0.235 e. The number of likely N-dealkylation sites (tertiary alicyclic amines) is 1. The minimum absolute atomic E-state index is 0.0826. The summed E-state index contributed by atoms with van der Waals surface area (Å²) in [6.45, 7) is 4.90. The van der Waals surface area contributed by atoms with Gasteiger partial charge in [-0.3, -0.25) is 14.6 Å². The average molecular weight is 586 g/mol. The van der Waals surface area contributed by atoms with Gasteiger partial charge < -0.3 is 10.3 Å². The molecule has 4 aliphatic rings. The van der Waals surface area contributed by atoms with E-state index in [1.165, 1.54) is 50.5 Å². The predicted molar refractivity (Wildman–Crippen MR) is 169 cm³/mol. The highest BCUT2D eigenvalue weighted by molar-refractivity contribution is 5.80. The molecule has 7 heteroatoms. The van der Waals surface area contributed by atoms with E-state index in [-0.39, 0.29) is 23.2 Å². The van der Waals surface area contributed by atoms with Crippen molar-refractivity contribution in [3.05, 3.63) is 65.7 Å². The number of imidazole rings is 1. The second-order valence-corrected chi connectivity index (χ2v) is 14.1. The normalized spacial score (nSPS) is 27.4. The average Bonchev–Trinajstić information content (AvgIpc) is 3.47. The van der Waals surface area contributed by atoms with Crippen LogP contribution in [0.15, 0.2) is 48.5 Å². The highest BCUT2D eigenvalue weighted by Crippen LogP contribution is 2.45. The number of piperidine rings is 2. The third-order valence-corrected chi connectivity index (χ3v) is 11.8. The van der Waals surface area contributed by atoms with E-state index in [1.807, 2.05) is 6.07 Å². The molecule has 3 saturated heterocycles. The Labute approximate surface area is 255 Å². The lowest BCUT2D eigenvalue weighted by Crippen LogP contribution is -2.55. The van der Waals surface area contributed by atoms with Crippen molar-refractivity contribution in [2.75, 3.05) is 19.6 Å². The summed E-state index contributed by atoms with van der Waals surface area (Å²) in [6, 6.07) is 17.4. The van der Waals surface area contributed by atoms with Crippen LogP contribution in [-0.4, -0.2) is 63.0 Å². The number of carbonyl (C=O) groups excluding carboxylic acids is 1. The van der Waals surface area contributed by atoms with Crippen molar-refractivity contribution in [3.8, 4) is 0 Å². The van der Waals surface area contributed by atoms with E-state index in [4.69, 9.17) is 10.7 Å². The van der Waals surface area contributed by atoms with Crippen molar-refractivity contribution in [1.82, 2.24) is 19.4 Å². The molecular weight excluding hydrogens is 537 g/mol. The molecule has 7 rings (SSSR count). The van der Waals surface area contributed by atoms with Gasteiger partial charge in [0.2, 0.25) is 5.91 Å². The number of primary amides is 1. The van der Waals surface area contributed by atoms with Crippen LogP contribution in [0, 0.1) is 18.7 Å². The molecule has 3 aliphatic heterocycles. The van der Waals surface area contributed by atoms with Gasteiger partial charge in [-0.15, -0.1) is 0 Å². The molecule has 230 valence electrons. The van der Waals surface area contributed by atoms with Crippen molar-refractivity contribution >= 4 is 16.9 Å². The largest absolute Gasteiger partial charge is 0.368 e. The maximum absolute atomic E-state index is 14.6. The molecule has 1 saturated carbocycles. The maximum atomic E-state index is 14.6. The number of benzene rings is 2. The fourth-order valence-corrected chi connectivity index (χ4v) is 9.68. The Morgan fingerprint density at radius 3 is 2.40 bits per heavy atom. The van der Waals surface area contributed by atoms with Crippen LogP contribution in [-0.2, 0) is 10.2 Å². The number of aryl methyl sites for hydroxylation is 1. The van der Waals surface area contributed by atoms with E-state index in [2.05, 4.69) is 51.6 Å². The maximum Gasteiger partial charge on any atom is 0.235 e. The second kappa shape index (κ2) is 12.0. The van der Waals surface area contributed by atoms with Crippen LogP contribution in [0.25, 0.3) is 11.0 Å². The molecule has 43 heavy (non-hydrogen) atoms. The van der Waals surface area contributed by atoms with E-state index < -0.39 is 0 Å². The zero-order valence-electron chi connectivity index (χ0n) is 25.8. The number of aromatic nitrogens is 2. The monoisotopic (exact) mass is 585 g/mol. The van der Waals surface area contributed by atoms with Gasteiger partial charge in [0.15, 0.2) is 0 Å². The first-order valence-electron chi connectivity index (χ1n) is 16.9. The third kappa shape index (κ3) is 5.52. The highest BCUT2D eigenvalue weighted by Gasteiger charge is 2.45. The van der Waals surface area contributed by atoms with Gasteiger partial charge >= 0.3 is 0 Å². The van der Waals surface area contributed by atoms with Crippen LogP contribution in [0.5, 0.6) is 0 Å². The molecule has 2 aromatic carbocycles. The number of hydrogen-bond acceptors (Lipinski definition) is 4. The van der Waals surface area contributed by atoms with Gasteiger partial charge in [0, 0.05) is 18.1 Å². The first-order chi connectivity index (χ1) is 20.9. The zero-order chi connectivity index (χ0) is 29.6. The van der Waals surface area contributed by atoms with E-state index in [1.54, 1.807) is 12.1 Å². The lowest BCUT2D eigenvalue weighted by atomic mass is 9.69. The lowest BCUT2D eigenvalue weighted by molar-refractivity contribution is -0.126. The first-order valence-corrected chi connectivity index (χ1v) is 16.9. The van der Waals surface area contributed by atoms with Crippen molar-refractivity contribution in [2.24, 2.45) is 11.7 Å². The van der Waals surface area contributed by atoms with Crippen molar-refractivity contribution < 1.29 is 9.18 Å². The fraction of sp³-hybridized carbons (Fsp3) is 0.611. The Hall–Kier alpha value is -2.77. The summed E-state index contributed by atoms with van der Waals surface area (Å²) in [4.78, 5) is 22.8. The molecule has 1 aliphatic carbocycles. The predicted octanol–water partition coefficient (Wildman–Crippen LogP) is 6.51. The van der Waals surface area contributed by atoms with Crippen LogP contribution in [0.3, 0.4) is 0 Å². The minimum atomic E-state index is -0.164. The Balaban J connectivity index is 1.07. The Morgan fingerprint density at radius 1 is 0.977 bits per heavy atom. The number of rotatable bonds is 8. The van der Waals surface area contributed by atoms with Gasteiger partial charge in [-0.1, -0.05) is 43.5 Å². The van der Waals surface area contributed by atoms with Crippen LogP contribution < -0.4 is 5.73 Å². The highest BCUT2D eigenvalue weighted by atomic mass is 19.1. The second-order valence-electron chi connectivity index (χ2n) is 14.1. The first kappa shape index (κ1) is 29.0. The lowest BCUT2D eigenvalue weighted by Gasteiger charge is -2.48.